The van der Waals surface area contributed by atoms with Gasteiger partial charge in [0.1, 0.15) is 18.2 Å². The van der Waals surface area contributed by atoms with Gasteiger partial charge >= 0.3 is 0 Å². The second kappa shape index (κ2) is 6.76. The Balaban J connectivity index is 1.68. The number of carbonyl (C=O) groups excluding carboxylic acids is 1. The summed E-state index contributed by atoms with van der Waals surface area (Å²) in [5.41, 5.74) is 3.11. The molecule has 0 aliphatic carbocycles. The minimum Gasteiger partial charge on any atom is -0.325 e. The van der Waals surface area contributed by atoms with Crippen molar-refractivity contribution < 1.29 is 9.18 Å². The van der Waals surface area contributed by atoms with Crippen LogP contribution in [-0.4, -0.2) is 20.4 Å². The summed E-state index contributed by atoms with van der Waals surface area (Å²) < 4.78 is 14.9. The van der Waals surface area contributed by atoms with Gasteiger partial charge in [-0.2, -0.15) is 0 Å². The Morgan fingerprint density at radius 2 is 1.73 bits per heavy atom. The molecule has 4 rings (SSSR count). The number of aromatic nitrogens is 3. The van der Waals surface area contributed by atoms with E-state index >= 15 is 0 Å². The predicted octanol–water partition coefficient (Wildman–Crippen LogP) is 3.88. The number of imidazole rings is 1. The number of hydrogen-bond acceptors (Lipinski definition) is 3. The van der Waals surface area contributed by atoms with Crippen molar-refractivity contribution >= 4 is 22.6 Å². The zero-order chi connectivity index (χ0) is 17.9. The first-order valence-corrected chi connectivity index (χ1v) is 8.12. The number of hydrogen-bond donors (Lipinski definition) is 1. The van der Waals surface area contributed by atoms with Crippen LogP contribution in [0.4, 0.5) is 10.1 Å². The summed E-state index contributed by atoms with van der Waals surface area (Å²) in [6.07, 6.45) is 3.38. The van der Waals surface area contributed by atoms with Crippen molar-refractivity contribution in [2.45, 2.75) is 6.54 Å². The highest BCUT2D eigenvalue weighted by Gasteiger charge is 2.15. The molecule has 0 unspecified atom stereocenters. The number of anilines is 1. The Morgan fingerprint density at radius 3 is 2.50 bits per heavy atom. The van der Waals surface area contributed by atoms with Crippen molar-refractivity contribution in [2.24, 2.45) is 0 Å². The van der Waals surface area contributed by atoms with Gasteiger partial charge in [0.2, 0.25) is 5.91 Å². The van der Waals surface area contributed by atoms with Crippen LogP contribution in [0.15, 0.2) is 73.1 Å². The maximum Gasteiger partial charge on any atom is 0.244 e. The van der Waals surface area contributed by atoms with E-state index in [0.29, 0.717) is 11.5 Å². The van der Waals surface area contributed by atoms with E-state index in [0.717, 1.165) is 16.6 Å². The van der Waals surface area contributed by atoms with Crippen LogP contribution in [0.3, 0.4) is 0 Å². The normalized spacial score (nSPS) is 10.8. The molecule has 128 valence electrons. The summed E-state index contributed by atoms with van der Waals surface area (Å²) in [6.45, 7) is 0.0928. The third kappa shape index (κ3) is 3.17. The third-order valence-corrected chi connectivity index (χ3v) is 4.02. The fraction of sp³-hybridized carbons (Fsp3) is 0.0500. The van der Waals surface area contributed by atoms with Crippen molar-refractivity contribution in [2.75, 3.05) is 5.32 Å². The van der Waals surface area contributed by atoms with Gasteiger partial charge in [0.15, 0.2) is 0 Å². The highest BCUT2D eigenvalue weighted by molar-refractivity contribution is 5.92. The smallest absolute Gasteiger partial charge is 0.244 e. The topological polar surface area (TPSA) is 59.8 Å². The predicted molar refractivity (Wildman–Crippen MR) is 98.0 cm³/mol. The molecule has 26 heavy (non-hydrogen) atoms. The molecule has 2 aromatic heterocycles. The molecule has 0 aliphatic rings. The Morgan fingerprint density at radius 1 is 1.00 bits per heavy atom. The van der Waals surface area contributed by atoms with Gasteiger partial charge in [-0.15, -0.1) is 0 Å². The third-order valence-electron chi connectivity index (χ3n) is 4.02. The van der Waals surface area contributed by atoms with Crippen molar-refractivity contribution in [3.8, 4) is 11.4 Å². The highest BCUT2D eigenvalue weighted by Crippen LogP contribution is 2.24. The highest BCUT2D eigenvalue weighted by atomic mass is 19.1. The van der Waals surface area contributed by atoms with Crippen LogP contribution >= 0.6 is 0 Å². The van der Waals surface area contributed by atoms with Gasteiger partial charge in [-0.3, -0.25) is 9.78 Å². The summed E-state index contributed by atoms with van der Waals surface area (Å²) in [7, 11) is 0. The molecule has 0 bridgehead atoms. The fourth-order valence-corrected chi connectivity index (χ4v) is 2.83. The molecule has 2 aromatic carbocycles. The monoisotopic (exact) mass is 346 g/mol. The molecule has 0 aliphatic heterocycles. The summed E-state index contributed by atoms with van der Waals surface area (Å²) in [4.78, 5) is 21.2. The first-order valence-electron chi connectivity index (χ1n) is 8.12. The number of carbonyl (C=O) groups is 1. The van der Waals surface area contributed by atoms with Crippen LogP contribution in [0.1, 0.15) is 0 Å². The molecule has 0 atom stereocenters. The molecule has 0 radical (unpaired) electrons. The van der Waals surface area contributed by atoms with Crippen molar-refractivity contribution in [1.82, 2.24) is 14.5 Å². The second-order valence-electron chi connectivity index (χ2n) is 5.80. The maximum absolute atomic E-state index is 13.0. The Kier molecular flexibility index (Phi) is 4.15. The van der Waals surface area contributed by atoms with E-state index in [1.54, 1.807) is 12.4 Å². The number of amides is 1. The van der Waals surface area contributed by atoms with Gasteiger partial charge in [-0.1, -0.05) is 12.1 Å². The molecule has 4 aromatic rings. The quantitative estimate of drug-likeness (QED) is 0.610. The lowest BCUT2D eigenvalue weighted by atomic mass is 10.2. The van der Waals surface area contributed by atoms with Gasteiger partial charge in [0.05, 0.1) is 11.0 Å². The molecular formula is C20H15FN4O. The zero-order valence-corrected chi connectivity index (χ0v) is 13.8. The lowest BCUT2D eigenvalue weighted by Gasteiger charge is -2.10. The standard InChI is InChI=1S/C20H15FN4O/c21-15-5-7-16(8-6-15)23-19(26)13-25-18-4-2-1-3-17(18)24-20(25)14-9-11-22-12-10-14/h1-12H,13H2,(H,23,26). The van der Waals surface area contributed by atoms with Crippen LogP contribution in [0.25, 0.3) is 22.4 Å². The first-order chi connectivity index (χ1) is 12.7. The van der Waals surface area contributed by atoms with Gasteiger partial charge in [-0.05, 0) is 48.5 Å². The summed E-state index contributed by atoms with van der Waals surface area (Å²) in [5.74, 6) is 0.140. The Hall–Kier alpha value is -3.54. The number of para-hydroxylation sites is 2. The van der Waals surface area contributed by atoms with E-state index in [2.05, 4.69) is 15.3 Å². The van der Waals surface area contributed by atoms with E-state index in [4.69, 9.17) is 0 Å². The minimum atomic E-state index is -0.344. The molecule has 5 nitrogen and oxygen atoms in total. The number of fused-ring (bicyclic) bond motifs is 1. The van der Waals surface area contributed by atoms with Crippen LogP contribution in [0, 0.1) is 5.82 Å². The molecule has 0 spiro atoms. The van der Waals surface area contributed by atoms with Gasteiger partial charge in [-0.25, -0.2) is 9.37 Å². The second-order valence-corrected chi connectivity index (χ2v) is 5.80. The first kappa shape index (κ1) is 16.0. The van der Waals surface area contributed by atoms with E-state index in [9.17, 15) is 9.18 Å². The molecule has 0 fully saturated rings. The van der Waals surface area contributed by atoms with Crippen molar-refractivity contribution in [3.63, 3.8) is 0 Å². The number of nitrogens with one attached hydrogen (secondary N) is 1. The lowest BCUT2D eigenvalue weighted by Crippen LogP contribution is -2.19. The van der Waals surface area contributed by atoms with E-state index in [1.807, 2.05) is 41.0 Å². The number of nitrogens with zero attached hydrogens (tertiary/aromatic N) is 3. The Bertz CT molecular complexity index is 1060. The van der Waals surface area contributed by atoms with E-state index < -0.39 is 0 Å². The van der Waals surface area contributed by atoms with Gasteiger partial charge < -0.3 is 9.88 Å². The molecule has 2 heterocycles. The van der Waals surface area contributed by atoms with Crippen LogP contribution in [-0.2, 0) is 11.3 Å². The number of halogens is 1. The number of rotatable bonds is 4. The molecule has 1 amide bonds. The van der Waals surface area contributed by atoms with E-state index in [1.165, 1.54) is 24.3 Å². The maximum atomic E-state index is 13.0. The van der Waals surface area contributed by atoms with Crippen LogP contribution < -0.4 is 5.32 Å². The molecule has 0 saturated heterocycles. The van der Waals surface area contributed by atoms with Gasteiger partial charge in [0.25, 0.3) is 0 Å². The van der Waals surface area contributed by atoms with Crippen molar-refractivity contribution in [1.29, 1.82) is 0 Å². The number of pyridine rings is 1. The average molecular weight is 346 g/mol. The molecular weight excluding hydrogens is 331 g/mol. The average Bonchev–Trinajstić information content (AvgIpc) is 3.03. The fourth-order valence-electron chi connectivity index (χ4n) is 2.83. The zero-order valence-electron chi connectivity index (χ0n) is 13.8. The largest absolute Gasteiger partial charge is 0.325 e. The van der Waals surface area contributed by atoms with Crippen molar-refractivity contribution in [3.05, 3.63) is 78.9 Å². The van der Waals surface area contributed by atoms with E-state index in [-0.39, 0.29) is 18.3 Å². The van der Waals surface area contributed by atoms with Crippen LogP contribution in [0.5, 0.6) is 0 Å². The molecule has 6 heteroatoms. The summed E-state index contributed by atoms with van der Waals surface area (Å²) >= 11 is 0. The summed E-state index contributed by atoms with van der Waals surface area (Å²) in [6, 6.07) is 17.1. The lowest BCUT2D eigenvalue weighted by molar-refractivity contribution is -0.116. The summed E-state index contributed by atoms with van der Waals surface area (Å²) in [5, 5.41) is 2.78. The SMILES string of the molecule is O=C(Cn1c(-c2ccncc2)nc2ccccc21)Nc1ccc(F)cc1. The van der Waals surface area contributed by atoms with Crippen LogP contribution in [0.2, 0.25) is 0 Å². The Labute approximate surface area is 149 Å². The molecule has 0 saturated carbocycles. The van der Waals surface area contributed by atoms with Gasteiger partial charge in [0, 0.05) is 23.6 Å². The number of benzene rings is 2. The molecule has 1 N–H and O–H groups in total. The minimum absolute atomic E-state index is 0.0928.